The highest BCUT2D eigenvalue weighted by Crippen LogP contribution is 2.26. The van der Waals surface area contributed by atoms with Crippen molar-refractivity contribution in [1.82, 2.24) is 4.98 Å². The van der Waals surface area contributed by atoms with Gasteiger partial charge in [-0.2, -0.15) is 0 Å². The van der Waals surface area contributed by atoms with Crippen molar-refractivity contribution in [2.75, 3.05) is 6.61 Å². The molecule has 0 bridgehead atoms. The van der Waals surface area contributed by atoms with Gasteiger partial charge in [0, 0.05) is 21.3 Å². The van der Waals surface area contributed by atoms with Crippen molar-refractivity contribution in [2.24, 2.45) is 5.92 Å². The lowest BCUT2D eigenvalue weighted by Crippen LogP contribution is -2.17. The minimum absolute atomic E-state index is 0.157. The second-order valence-corrected chi connectivity index (χ2v) is 5.15. The van der Waals surface area contributed by atoms with E-state index in [-0.39, 0.29) is 11.9 Å². The number of carbonyl (C=O) groups excluding carboxylic acids is 1. The van der Waals surface area contributed by atoms with Crippen molar-refractivity contribution in [3.63, 3.8) is 0 Å². The first-order chi connectivity index (χ1) is 7.56. The topological polar surface area (TPSA) is 39.2 Å². The Morgan fingerprint density at radius 1 is 1.44 bits per heavy atom. The molecule has 0 fully saturated rings. The van der Waals surface area contributed by atoms with Gasteiger partial charge in [-0.3, -0.25) is 9.78 Å². The van der Waals surface area contributed by atoms with Crippen LogP contribution >= 0.6 is 31.9 Å². The van der Waals surface area contributed by atoms with Gasteiger partial charge < -0.3 is 4.74 Å². The van der Waals surface area contributed by atoms with Gasteiger partial charge in [0.05, 0.1) is 12.5 Å². The summed E-state index contributed by atoms with van der Waals surface area (Å²) in [7, 11) is 0. The third kappa shape index (κ3) is 3.56. The van der Waals surface area contributed by atoms with E-state index >= 15 is 0 Å². The normalized spacial score (nSPS) is 12.2. The lowest BCUT2D eigenvalue weighted by Gasteiger charge is -2.12. The zero-order chi connectivity index (χ0) is 12.1. The Labute approximate surface area is 112 Å². The molecule has 0 aliphatic rings. The van der Waals surface area contributed by atoms with Crippen molar-refractivity contribution >= 4 is 37.8 Å². The summed E-state index contributed by atoms with van der Waals surface area (Å²) in [6.45, 7) is 4.09. The van der Waals surface area contributed by atoms with Crippen molar-refractivity contribution in [3.8, 4) is 0 Å². The van der Waals surface area contributed by atoms with Crippen LogP contribution in [0.25, 0.3) is 0 Å². The molecule has 5 heteroatoms. The minimum Gasteiger partial charge on any atom is -0.466 e. The van der Waals surface area contributed by atoms with E-state index in [1.54, 1.807) is 12.4 Å². The molecule has 0 amide bonds. The van der Waals surface area contributed by atoms with Crippen LogP contribution in [-0.2, 0) is 16.0 Å². The highest BCUT2D eigenvalue weighted by atomic mass is 79.9. The molecule has 0 saturated heterocycles. The third-order valence-electron chi connectivity index (χ3n) is 2.15. The molecular weight excluding hydrogens is 338 g/mol. The summed E-state index contributed by atoms with van der Waals surface area (Å²) in [5.41, 5.74) is 1.04. The van der Waals surface area contributed by atoms with Gasteiger partial charge >= 0.3 is 5.97 Å². The zero-order valence-corrected chi connectivity index (χ0v) is 12.3. The van der Waals surface area contributed by atoms with Crippen molar-refractivity contribution in [1.29, 1.82) is 0 Å². The SMILES string of the molecule is CCOC(=O)C(C)Cc1c(Br)cncc1Br. The standard InChI is InChI=1S/C11H13Br2NO2/c1-3-16-11(15)7(2)4-8-9(12)5-14-6-10(8)13/h5-7H,3-4H2,1-2H3. The van der Waals surface area contributed by atoms with Gasteiger partial charge in [-0.05, 0) is 50.8 Å². The van der Waals surface area contributed by atoms with Crippen LogP contribution in [0.2, 0.25) is 0 Å². The van der Waals surface area contributed by atoms with E-state index < -0.39 is 0 Å². The number of esters is 1. The fourth-order valence-corrected chi connectivity index (χ4v) is 2.56. The summed E-state index contributed by atoms with van der Waals surface area (Å²) in [6, 6.07) is 0. The lowest BCUT2D eigenvalue weighted by atomic mass is 10.0. The molecule has 16 heavy (non-hydrogen) atoms. The number of hydrogen-bond donors (Lipinski definition) is 0. The molecule has 1 rings (SSSR count). The zero-order valence-electron chi connectivity index (χ0n) is 9.17. The molecule has 0 N–H and O–H groups in total. The Morgan fingerprint density at radius 2 is 2.00 bits per heavy atom. The first kappa shape index (κ1) is 13.6. The highest BCUT2D eigenvalue weighted by molar-refractivity contribution is 9.11. The third-order valence-corrected chi connectivity index (χ3v) is 3.52. The van der Waals surface area contributed by atoms with Crippen LogP contribution in [0.3, 0.4) is 0 Å². The Balaban J connectivity index is 2.76. The molecule has 3 nitrogen and oxygen atoms in total. The summed E-state index contributed by atoms with van der Waals surface area (Å²) in [5.74, 6) is -0.326. The van der Waals surface area contributed by atoms with E-state index in [1.165, 1.54) is 0 Å². The van der Waals surface area contributed by atoms with Crippen LogP contribution in [0, 0.1) is 5.92 Å². The molecule has 1 heterocycles. The van der Waals surface area contributed by atoms with Crippen LogP contribution < -0.4 is 0 Å². The number of hydrogen-bond acceptors (Lipinski definition) is 3. The molecular formula is C11H13Br2NO2. The van der Waals surface area contributed by atoms with Crippen LogP contribution in [-0.4, -0.2) is 17.6 Å². The molecule has 1 aromatic rings. The van der Waals surface area contributed by atoms with Gasteiger partial charge in [0.2, 0.25) is 0 Å². The highest BCUT2D eigenvalue weighted by Gasteiger charge is 2.17. The number of rotatable bonds is 4. The van der Waals surface area contributed by atoms with Crippen LogP contribution in [0.15, 0.2) is 21.3 Å². The number of halogens is 2. The van der Waals surface area contributed by atoms with Gasteiger partial charge in [0.15, 0.2) is 0 Å². The Kier molecular flexibility index (Phi) is 5.41. The van der Waals surface area contributed by atoms with Crippen LogP contribution in [0.4, 0.5) is 0 Å². The van der Waals surface area contributed by atoms with Gasteiger partial charge in [-0.1, -0.05) is 6.92 Å². The predicted octanol–water partition coefficient (Wildman–Crippen LogP) is 3.35. The van der Waals surface area contributed by atoms with E-state index in [0.29, 0.717) is 13.0 Å². The summed E-state index contributed by atoms with van der Waals surface area (Å²) >= 11 is 6.84. The Bertz CT molecular complexity index is 362. The van der Waals surface area contributed by atoms with Gasteiger partial charge in [-0.15, -0.1) is 0 Å². The average Bonchev–Trinajstić information content (AvgIpc) is 2.23. The summed E-state index contributed by atoms with van der Waals surface area (Å²) in [5, 5.41) is 0. The lowest BCUT2D eigenvalue weighted by molar-refractivity contribution is -0.147. The molecule has 88 valence electrons. The molecule has 0 aliphatic heterocycles. The first-order valence-electron chi connectivity index (χ1n) is 5.00. The smallest absolute Gasteiger partial charge is 0.308 e. The van der Waals surface area contributed by atoms with Crippen molar-refractivity contribution in [3.05, 3.63) is 26.9 Å². The maximum atomic E-state index is 11.5. The van der Waals surface area contributed by atoms with Crippen molar-refractivity contribution < 1.29 is 9.53 Å². The van der Waals surface area contributed by atoms with Gasteiger partial charge in [-0.25, -0.2) is 0 Å². The molecule has 1 aromatic heterocycles. The Morgan fingerprint density at radius 3 is 2.50 bits per heavy atom. The number of carbonyl (C=O) groups is 1. The summed E-state index contributed by atoms with van der Waals surface area (Å²) < 4.78 is 6.77. The Hall–Kier alpha value is -0.420. The van der Waals surface area contributed by atoms with E-state index in [4.69, 9.17) is 4.74 Å². The molecule has 1 atom stereocenters. The fourth-order valence-electron chi connectivity index (χ4n) is 1.31. The number of aromatic nitrogens is 1. The number of nitrogens with zero attached hydrogens (tertiary/aromatic N) is 1. The van der Waals surface area contributed by atoms with Crippen LogP contribution in [0.5, 0.6) is 0 Å². The predicted molar refractivity (Wildman–Crippen MR) is 69.1 cm³/mol. The molecule has 0 spiro atoms. The van der Waals surface area contributed by atoms with Gasteiger partial charge in [0.25, 0.3) is 0 Å². The number of pyridine rings is 1. The maximum absolute atomic E-state index is 11.5. The second kappa shape index (κ2) is 6.35. The van der Waals surface area contributed by atoms with Crippen molar-refractivity contribution in [2.45, 2.75) is 20.3 Å². The van der Waals surface area contributed by atoms with E-state index in [0.717, 1.165) is 14.5 Å². The number of ether oxygens (including phenoxy) is 1. The largest absolute Gasteiger partial charge is 0.466 e. The molecule has 0 saturated carbocycles. The first-order valence-corrected chi connectivity index (χ1v) is 6.59. The second-order valence-electron chi connectivity index (χ2n) is 3.44. The minimum atomic E-state index is -0.168. The molecule has 1 unspecified atom stereocenters. The summed E-state index contributed by atoms with van der Waals surface area (Å²) in [4.78, 5) is 15.5. The van der Waals surface area contributed by atoms with E-state index in [2.05, 4.69) is 36.8 Å². The van der Waals surface area contributed by atoms with Gasteiger partial charge in [0.1, 0.15) is 0 Å². The molecule has 0 aromatic carbocycles. The quantitative estimate of drug-likeness (QED) is 0.781. The molecule has 0 aliphatic carbocycles. The van der Waals surface area contributed by atoms with Crippen LogP contribution in [0.1, 0.15) is 19.4 Å². The fraction of sp³-hybridized carbons (Fsp3) is 0.455. The monoisotopic (exact) mass is 349 g/mol. The summed E-state index contributed by atoms with van der Waals surface area (Å²) in [6.07, 6.45) is 4.07. The average molecular weight is 351 g/mol. The van der Waals surface area contributed by atoms with E-state index in [9.17, 15) is 4.79 Å². The maximum Gasteiger partial charge on any atom is 0.308 e. The molecule has 0 radical (unpaired) electrons. The van der Waals surface area contributed by atoms with E-state index in [1.807, 2.05) is 13.8 Å².